The standard InChI is InChI=1S/C20H31N3OS/c1-3-24-19-10-8-16(9-11-19)21-20(25)23-14-12-18(13-15-23)22(2)17-6-4-5-7-17/h8-11,17-18H,3-7,12-15H2,1-2H3,(H,21,25). The summed E-state index contributed by atoms with van der Waals surface area (Å²) in [6.07, 6.45) is 7.99. The van der Waals surface area contributed by atoms with Gasteiger partial charge in [0, 0.05) is 30.9 Å². The molecule has 0 atom stereocenters. The van der Waals surface area contributed by atoms with Gasteiger partial charge < -0.3 is 19.9 Å². The summed E-state index contributed by atoms with van der Waals surface area (Å²) in [4.78, 5) is 4.96. The quantitative estimate of drug-likeness (QED) is 0.797. The second-order valence-electron chi connectivity index (χ2n) is 7.21. The average Bonchev–Trinajstić information content (AvgIpc) is 3.18. The normalized spacial score (nSPS) is 19.4. The fraction of sp³-hybridized carbons (Fsp3) is 0.650. The number of nitrogens with zero attached hydrogens (tertiary/aromatic N) is 2. The molecule has 3 rings (SSSR count). The molecule has 1 aliphatic carbocycles. The topological polar surface area (TPSA) is 27.7 Å². The van der Waals surface area contributed by atoms with Crippen molar-refractivity contribution in [2.24, 2.45) is 0 Å². The lowest BCUT2D eigenvalue weighted by Crippen LogP contribution is -2.48. The van der Waals surface area contributed by atoms with Gasteiger partial charge in [0.15, 0.2) is 5.11 Å². The molecule has 1 saturated carbocycles. The molecule has 1 heterocycles. The van der Waals surface area contributed by atoms with E-state index in [1.165, 1.54) is 38.5 Å². The van der Waals surface area contributed by atoms with Crippen molar-refractivity contribution in [1.29, 1.82) is 0 Å². The van der Waals surface area contributed by atoms with E-state index in [9.17, 15) is 0 Å². The number of nitrogens with one attached hydrogen (secondary N) is 1. The van der Waals surface area contributed by atoms with Crippen LogP contribution in [0.25, 0.3) is 0 Å². The summed E-state index contributed by atoms with van der Waals surface area (Å²) >= 11 is 5.62. The van der Waals surface area contributed by atoms with Crippen molar-refractivity contribution < 1.29 is 4.74 Å². The Morgan fingerprint density at radius 3 is 2.32 bits per heavy atom. The number of ether oxygens (including phenoxy) is 1. The van der Waals surface area contributed by atoms with Gasteiger partial charge in [-0.05, 0) is 76.1 Å². The molecule has 0 spiro atoms. The van der Waals surface area contributed by atoms with E-state index in [-0.39, 0.29) is 0 Å². The van der Waals surface area contributed by atoms with Gasteiger partial charge in [-0.25, -0.2) is 0 Å². The highest BCUT2D eigenvalue weighted by molar-refractivity contribution is 7.80. The zero-order valence-corrected chi connectivity index (χ0v) is 16.4. The third kappa shape index (κ3) is 4.85. The van der Waals surface area contributed by atoms with Crippen molar-refractivity contribution in [3.05, 3.63) is 24.3 Å². The molecule has 0 radical (unpaired) electrons. The molecule has 1 saturated heterocycles. The van der Waals surface area contributed by atoms with Crippen molar-refractivity contribution >= 4 is 23.0 Å². The number of rotatable bonds is 5. The maximum atomic E-state index is 5.62. The second kappa shape index (κ2) is 8.86. The number of anilines is 1. The first-order chi connectivity index (χ1) is 12.2. The Balaban J connectivity index is 1.46. The summed E-state index contributed by atoms with van der Waals surface area (Å²) in [7, 11) is 2.33. The van der Waals surface area contributed by atoms with Crippen LogP contribution in [0.1, 0.15) is 45.4 Å². The minimum Gasteiger partial charge on any atom is -0.494 e. The molecule has 0 amide bonds. The van der Waals surface area contributed by atoms with E-state index in [4.69, 9.17) is 17.0 Å². The van der Waals surface area contributed by atoms with Gasteiger partial charge in [-0.3, -0.25) is 0 Å². The molecule has 25 heavy (non-hydrogen) atoms. The van der Waals surface area contributed by atoms with Crippen LogP contribution in [-0.4, -0.2) is 53.7 Å². The maximum absolute atomic E-state index is 5.62. The molecule has 4 nitrogen and oxygen atoms in total. The number of piperidine rings is 1. The summed E-state index contributed by atoms with van der Waals surface area (Å²) in [6.45, 7) is 4.78. The van der Waals surface area contributed by atoms with E-state index in [2.05, 4.69) is 22.2 Å². The maximum Gasteiger partial charge on any atom is 0.173 e. The molecular formula is C20H31N3OS. The van der Waals surface area contributed by atoms with Crippen molar-refractivity contribution in [3.63, 3.8) is 0 Å². The second-order valence-corrected chi connectivity index (χ2v) is 7.60. The van der Waals surface area contributed by atoms with Gasteiger partial charge in [-0.2, -0.15) is 0 Å². The molecule has 5 heteroatoms. The first kappa shape index (κ1) is 18.5. The monoisotopic (exact) mass is 361 g/mol. The molecule has 2 aliphatic rings. The molecule has 0 bridgehead atoms. The van der Waals surface area contributed by atoms with Gasteiger partial charge in [0.2, 0.25) is 0 Å². The van der Waals surface area contributed by atoms with Crippen LogP contribution in [0.3, 0.4) is 0 Å². The summed E-state index contributed by atoms with van der Waals surface area (Å²) in [5.41, 5.74) is 1.03. The Kier molecular flexibility index (Phi) is 6.54. The van der Waals surface area contributed by atoms with Gasteiger partial charge >= 0.3 is 0 Å². The number of hydrogen-bond donors (Lipinski definition) is 1. The van der Waals surface area contributed by atoms with Crippen LogP contribution in [0.2, 0.25) is 0 Å². The molecular weight excluding hydrogens is 330 g/mol. The minimum atomic E-state index is 0.690. The lowest BCUT2D eigenvalue weighted by atomic mass is 10.0. The van der Waals surface area contributed by atoms with Crippen LogP contribution in [0.5, 0.6) is 5.75 Å². The van der Waals surface area contributed by atoms with Crippen LogP contribution < -0.4 is 10.1 Å². The first-order valence-corrected chi connectivity index (χ1v) is 10.1. The highest BCUT2D eigenvalue weighted by atomic mass is 32.1. The molecule has 1 aromatic carbocycles. The van der Waals surface area contributed by atoms with Gasteiger partial charge in [0.05, 0.1) is 6.61 Å². The fourth-order valence-corrected chi connectivity index (χ4v) is 4.39. The Labute approximate surface area is 157 Å². The summed E-state index contributed by atoms with van der Waals surface area (Å²) in [5, 5.41) is 4.21. The Hall–Kier alpha value is -1.33. The van der Waals surface area contributed by atoms with Gasteiger partial charge in [0.25, 0.3) is 0 Å². The number of benzene rings is 1. The zero-order chi connectivity index (χ0) is 17.6. The molecule has 2 fully saturated rings. The Morgan fingerprint density at radius 1 is 1.12 bits per heavy atom. The summed E-state index contributed by atoms with van der Waals surface area (Å²) in [6, 6.07) is 9.54. The minimum absolute atomic E-state index is 0.690. The van der Waals surface area contributed by atoms with Gasteiger partial charge in [-0.1, -0.05) is 12.8 Å². The van der Waals surface area contributed by atoms with Crippen molar-refractivity contribution in [3.8, 4) is 5.75 Å². The molecule has 0 aromatic heterocycles. The summed E-state index contributed by atoms with van der Waals surface area (Å²) < 4.78 is 5.48. The van der Waals surface area contributed by atoms with E-state index in [0.29, 0.717) is 12.6 Å². The fourth-order valence-electron chi connectivity index (χ4n) is 4.09. The Bertz CT molecular complexity index is 549. The van der Waals surface area contributed by atoms with Gasteiger partial charge in [0.1, 0.15) is 5.75 Å². The van der Waals surface area contributed by atoms with Crippen LogP contribution in [0.15, 0.2) is 24.3 Å². The van der Waals surface area contributed by atoms with Crippen LogP contribution in [0.4, 0.5) is 5.69 Å². The highest BCUT2D eigenvalue weighted by Crippen LogP contribution is 2.27. The Morgan fingerprint density at radius 2 is 1.72 bits per heavy atom. The van der Waals surface area contributed by atoms with E-state index >= 15 is 0 Å². The van der Waals surface area contributed by atoms with E-state index in [0.717, 1.165) is 35.7 Å². The number of hydrogen-bond acceptors (Lipinski definition) is 3. The van der Waals surface area contributed by atoms with Crippen LogP contribution >= 0.6 is 12.2 Å². The zero-order valence-electron chi connectivity index (χ0n) is 15.5. The number of likely N-dealkylation sites (tertiary alicyclic amines) is 1. The van der Waals surface area contributed by atoms with E-state index in [1.54, 1.807) is 0 Å². The predicted octanol–water partition coefficient (Wildman–Crippen LogP) is 4.12. The lowest BCUT2D eigenvalue weighted by molar-refractivity contribution is 0.122. The average molecular weight is 362 g/mol. The summed E-state index contributed by atoms with van der Waals surface area (Å²) in [5.74, 6) is 0.898. The SMILES string of the molecule is CCOc1ccc(NC(=S)N2CCC(N(C)C3CCCC3)CC2)cc1. The third-order valence-electron chi connectivity index (χ3n) is 5.64. The molecule has 1 N–H and O–H groups in total. The largest absolute Gasteiger partial charge is 0.494 e. The van der Waals surface area contributed by atoms with Crippen molar-refractivity contribution in [2.75, 3.05) is 32.1 Å². The third-order valence-corrected chi connectivity index (χ3v) is 6.01. The molecule has 1 aromatic rings. The predicted molar refractivity (Wildman–Crippen MR) is 108 cm³/mol. The lowest BCUT2D eigenvalue weighted by Gasteiger charge is -2.40. The van der Waals surface area contributed by atoms with Crippen molar-refractivity contribution in [2.45, 2.75) is 57.5 Å². The first-order valence-electron chi connectivity index (χ1n) is 9.68. The van der Waals surface area contributed by atoms with E-state index in [1.807, 2.05) is 31.2 Å². The van der Waals surface area contributed by atoms with Crippen LogP contribution in [-0.2, 0) is 0 Å². The van der Waals surface area contributed by atoms with Gasteiger partial charge in [-0.15, -0.1) is 0 Å². The smallest absolute Gasteiger partial charge is 0.173 e. The molecule has 0 unspecified atom stereocenters. The molecule has 1 aliphatic heterocycles. The van der Waals surface area contributed by atoms with Crippen LogP contribution in [0, 0.1) is 0 Å². The van der Waals surface area contributed by atoms with E-state index < -0.39 is 0 Å². The highest BCUT2D eigenvalue weighted by Gasteiger charge is 2.29. The van der Waals surface area contributed by atoms with Crippen molar-refractivity contribution in [1.82, 2.24) is 9.80 Å². The number of thiocarbonyl (C=S) groups is 1. The molecule has 138 valence electrons.